The molecule has 0 aliphatic carbocycles. The van der Waals surface area contributed by atoms with E-state index in [1.165, 1.54) is 0 Å². The topological polar surface area (TPSA) is 79.8 Å². The largest absolute Gasteiger partial charge is 0.497 e. The van der Waals surface area contributed by atoms with Crippen LogP contribution in [-0.2, 0) is 4.79 Å². The molecule has 6 heteroatoms. The van der Waals surface area contributed by atoms with Crippen molar-refractivity contribution >= 4 is 11.6 Å². The molecule has 0 saturated carbocycles. The maximum Gasteiger partial charge on any atom is 0.238 e. The summed E-state index contributed by atoms with van der Waals surface area (Å²) in [5, 5.41) is 15.3. The van der Waals surface area contributed by atoms with Crippen molar-refractivity contribution in [3.05, 3.63) is 54.1 Å². The summed E-state index contributed by atoms with van der Waals surface area (Å²) in [4.78, 5) is 12.1. The van der Waals surface area contributed by atoms with Crippen LogP contribution in [0.25, 0.3) is 0 Å². The van der Waals surface area contributed by atoms with Gasteiger partial charge in [-0.25, -0.2) is 0 Å². The van der Waals surface area contributed by atoms with Gasteiger partial charge in [0.2, 0.25) is 5.91 Å². The van der Waals surface area contributed by atoms with Gasteiger partial charge < -0.3 is 19.9 Å². The number of methoxy groups -OCH3 is 2. The minimum atomic E-state index is -0.295. The summed E-state index contributed by atoms with van der Waals surface area (Å²) in [6, 6.07) is 14.3. The number of nitrogens with one attached hydrogen (secondary N) is 2. The number of carbonyl (C=O) groups excluding carboxylic acids is 1. The fraction of sp³-hybridized carbons (Fsp3) is 0.278. The van der Waals surface area contributed by atoms with Crippen molar-refractivity contribution in [3.8, 4) is 11.5 Å². The molecule has 2 aromatic carbocycles. The number of carbonyl (C=O) groups is 1. The minimum absolute atomic E-state index is 0.0691. The Morgan fingerprint density at radius 2 is 1.71 bits per heavy atom. The van der Waals surface area contributed by atoms with Crippen molar-refractivity contribution in [1.29, 1.82) is 0 Å². The van der Waals surface area contributed by atoms with Crippen molar-refractivity contribution in [2.45, 2.75) is 6.04 Å². The number of aliphatic hydroxyl groups excluding tert-OH is 1. The molecule has 3 N–H and O–H groups in total. The molecular weight excluding hydrogens is 308 g/mol. The van der Waals surface area contributed by atoms with Gasteiger partial charge >= 0.3 is 0 Å². The van der Waals surface area contributed by atoms with E-state index in [9.17, 15) is 9.90 Å². The standard InChI is InChI=1S/C18H22N2O4/c1-23-15-8-14(9-16(10-15)24-2)20-18(22)11-19-17(12-21)13-6-4-3-5-7-13/h3-10,17,19,21H,11-12H2,1-2H3,(H,20,22)/t17-/m0/s1. The zero-order chi connectivity index (χ0) is 17.4. The van der Waals surface area contributed by atoms with E-state index >= 15 is 0 Å². The molecule has 0 spiro atoms. The van der Waals surface area contributed by atoms with Gasteiger partial charge in [0.1, 0.15) is 11.5 Å². The smallest absolute Gasteiger partial charge is 0.238 e. The molecule has 0 radical (unpaired) electrons. The summed E-state index contributed by atoms with van der Waals surface area (Å²) < 4.78 is 10.3. The normalized spacial score (nSPS) is 11.6. The molecule has 6 nitrogen and oxygen atoms in total. The third kappa shape index (κ3) is 4.97. The molecule has 0 aromatic heterocycles. The summed E-state index contributed by atoms with van der Waals surface area (Å²) in [5.74, 6) is 0.963. The van der Waals surface area contributed by atoms with E-state index in [0.717, 1.165) is 5.56 Å². The zero-order valence-corrected chi connectivity index (χ0v) is 13.8. The minimum Gasteiger partial charge on any atom is -0.497 e. The molecule has 128 valence electrons. The third-order valence-electron chi connectivity index (χ3n) is 3.53. The van der Waals surface area contributed by atoms with Gasteiger partial charge in [-0.15, -0.1) is 0 Å². The van der Waals surface area contributed by atoms with Crippen LogP contribution in [0.5, 0.6) is 11.5 Å². The molecule has 24 heavy (non-hydrogen) atoms. The number of anilines is 1. The summed E-state index contributed by atoms with van der Waals surface area (Å²) in [5.41, 5.74) is 1.51. The molecule has 0 aliphatic heterocycles. The molecule has 0 unspecified atom stereocenters. The van der Waals surface area contributed by atoms with Crippen LogP contribution in [-0.4, -0.2) is 38.4 Å². The van der Waals surface area contributed by atoms with Gasteiger partial charge in [0, 0.05) is 23.9 Å². The Bertz CT molecular complexity index is 639. The van der Waals surface area contributed by atoms with Gasteiger partial charge in [-0.1, -0.05) is 30.3 Å². The summed E-state index contributed by atoms with van der Waals surface area (Å²) in [6.45, 7) is -0.0239. The highest BCUT2D eigenvalue weighted by Crippen LogP contribution is 2.25. The van der Waals surface area contributed by atoms with Crippen molar-refractivity contribution in [1.82, 2.24) is 5.32 Å². The number of benzene rings is 2. The SMILES string of the molecule is COc1cc(NC(=O)CN[C@@H](CO)c2ccccc2)cc(OC)c1. The lowest BCUT2D eigenvalue weighted by molar-refractivity contribution is -0.115. The molecule has 0 fully saturated rings. The van der Waals surface area contributed by atoms with E-state index in [4.69, 9.17) is 9.47 Å². The maximum absolute atomic E-state index is 12.1. The van der Waals surface area contributed by atoms with E-state index in [1.807, 2.05) is 30.3 Å². The Balaban J connectivity index is 1.95. The van der Waals surface area contributed by atoms with E-state index in [2.05, 4.69) is 10.6 Å². The molecule has 0 saturated heterocycles. The number of amides is 1. The highest BCUT2D eigenvalue weighted by molar-refractivity contribution is 5.92. The van der Waals surface area contributed by atoms with Crippen LogP contribution >= 0.6 is 0 Å². The second kappa shape index (κ2) is 8.90. The highest BCUT2D eigenvalue weighted by Gasteiger charge is 2.12. The fourth-order valence-electron chi connectivity index (χ4n) is 2.27. The molecule has 2 rings (SSSR count). The molecule has 0 aliphatic rings. The first-order valence-corrected chi connectivity index (χ1v) is 7.58. The fourth-order valence-corrected chi connectivity index (χ4v) is 2.27. The Hall–Kier alpha value is -2.57. The zero-order valence-electron chi connectivity index (χ0n) is 13.8. The van der Waals surface area contributed by atoms with Gasteiger partial charge in [-0.05, 0) is 5.56 Å². The van der Waals surface area contributed by atoms with Crippen LogP contribution in [0.15, 0.2) is 48.5 Å². The molecule has 1 atom stereocenters. The van der Waals surface area contributed by atoms with Gasteiger partial charge in [0.05, 0.1) is 33.4 Å². The Kier molecular flexibility index (Phi) is 6.60. The van der Waals surface area contributed by atoms with Gasteiger partial charge in [-0.3, -0.25) is 10.1 Å². The van der Waals surface area contributed by atoms with Crippen LogP contribution in [0.3, 0.4) is 0 Å². The molecule has 0 heterocycles. The second-order valence-corrected chi connectivity index (χ2v) is 5.18. The summed E-state index contributed by atoms with van der Waals surface area (Å²) in [6.07, 6.45) is 0. The lowest BCUT2D eigenvalue weighted by Crippen LogP contribution is -2.32. The first-order chi connectivity index (χ1) is 11.7. The summed E-state index contributed by atoms with van der Waals surface area (Å²) >= 11 is 0. The number of hydrogen-bond donors (Lipinski definition) is 3. The van der Waals surface area contributed by atoms with Crippen LogP contribution in [0, 0.1) is 0 Å². The first kappa shape index (κ1) is 17.8. The van der Waals surface area contributed by atoms with E-state index < -0.39 is 0 Å². The third-order valence-corrected chi connectivity index (χ3v) is 3.53. The lowest BCUT2D eigenvalue weighted by atomic mass is 10.1. The lowest BCUT2D eigenvalue weighted by Gasteiger charge is -2.16. The van der Waals surface area contributed by atoms with Crippen molar-refractivity contribution in [2.75, 3.05) is 32.7 Å². The van der Waals surface area contributed by atoms with Crippen LogP contribution < -0.4 is 20.1 Å². The van der Waals surface area contributed by atoms with Crippen molar-refractivity contribution in [3.63, 3.8) is 0 Å². The van der Waals surface area contributed by atoms with Crippen molar-refractivity contribution < 1.29 is 19.4 Å². The summed E-state index contributed by atoms with van der Waals surface area (Å²) in [7, 11) is 3.10. The highest BCUT2D eigenvalue weighted by atomic mass is 16.5. The quantitative estimate of drug-likeness (QED) is 0.689. The van der Waals surface area contributed by atoms with Crippen LogP contribution in [0.2, 0.25) is 0 Å². The molecular formula is C18H22N2O4. The van der Waals surface area contributed by atoms with Crippen LogP contribution in [0.1, 0.15) is 11.6 Å². The predicted molar refractivity (Wildman–Crippen MR) is 92.4 cm³/mol. The molecule has 2 aromatic rings. The number of hydrogen-bond acceptors (Lipinski definition) is 5. The van der Waals surface area contributed by atoms with E-state index in [0.29, 0.717) is 17.2 Å². The average molecular weight is 330 g/mol. The maximum atomic E-state index is 12.1. The average Bonchev–Trinajstić information content (AvgIpc) is 2.62. The van der Waals surface area contributed by atoms with E-state index in [1.54, 1.807) is 32.4 Å². The Morgan fingerprint density at radius 3 is 2.25 bits per heavy atom. The molecule has 0 bridgehead atoms. The Morgan fingerprint density at radius 1 is 1.08 bits per heavy atom. The molecule has 1 amide bonds. The first-order valence-electron chi connectivity index (χ1n) is 7.58. The monoisotopic (exact) mass is 330 g/mol. The predicted octanol–water partition coefficient (Wildman–Crippen LogP) is 1.97. The number of ether oxygens (including phenoxy) is 2. The number of rotatable bonds is 8. The van der Waals surface area contributed by atoms with Crippen LogP contribution in [0.4, 0.5) is 5.69 Å². The Labute approximate surface area is 141 Å². The number of aliphatic hydroxyl groups is 1. The van der Waals surface area contributed by atoms with Gasteiger partial charge in [0.25, 0.3) is 0 Å². The van der Waals surface area contributed by atoms with Gasteiger partial charge in [0.15, 0.2) is 0 Å². The van der Waals surface area contributed by atoms with E-state index in [-0.39, 0.29) is 25.1 Å². The second-order valence-electron chi connectivity index (χ2n) is 5.18. The van der Waals surface area contributed by atoms with Crippen molar-refractivity contribution in [2.24, 2.45) is 0 Å². The van der Waals surface area contributed by atoms with Gasteiger partial charge in [-0.2, -0.15) is 0 Å².